The Hall–Kier alpha value is -1.61. The minimum atomic E-state index is 0.289. The molecular formula is C16H22N2O. The Labute approximate surface area is 115 Å². The molecule has 1 N–H and O–H groups in total. The summed E-state index contributed by atoms with van der Waals surface area (Å²) in [5, 5.41) is 3.31. The second kappa shape index (κ2) is 7.10. The van der Waals surface area contributed by atoms with Gasteiger partial charge in [-0.1, -0.05) is 36.4 Å². The van der Waals surface area contributed by atoms with Crippen molar-refractivity contribution in [2.24, 2.45) is 0 Å². The Morgan fingerprint density at radius 2 is 2.16 bits per heavy atom. The average Bonchev–Trinajstić information content (AvgIpc) is 2.78. The number of nitrogens with zero attached hydrogens (tertiary/aromatic N) is 1. The van der Waals surface area contributed by atoms with Gasteiger partial charge in [-0.05, 0) is 24.9 Å². The maximum atomic E-state index is 12.0. The third-order valence-corrected chi connectivity index (χ3v) is 3.59. The molecule has 19 heavy (non-hydrogen) atoms. The van der Waals surface area contributed by atoms with Gasteiger partial charge in [-0.25, -0.2) is 0 Å². The molecule has 0 unspecified atom stereocenters. The van der Waals surface area contributed by atoms with Gasteiger partial charge in [0.2, 0.25) is 5.91 Å². The maximum Gasteiger partial charge on any atom is 0.223 e. The van der Waals surface area contributed by atoms with E-state index in [1.54, 1.807) is 0 Å². The highest BCUT2D eigenvalue weighted by atomic mass is 16.2. The van der Waals surface area contributed by atoms with Crippen LogP contribution >= 0.6 is 0 Å². The van der Waals surface area contributed by atoms with Crippen LogP contribution in [0.1, 0.15) is 24.8 Å². The van der Waals surface area contributed by atoms with E-state index in [9.17, 15) is 4.79 Å². The van der Waals surface area contributed by atoms with Crippen molar-refractivity contribution in [3.8, 4) is 0 Å². The first-order valence-electron chi connectivity index (χ1n) is 6.96. The Morgan fingerprint density at radius 1 is 1.37 bits per heavy atom. The van der Waals surface area contributed by atoms with Gasteiger partial charge in [0.1, 0.15) is 0 Å². The molecule has 1 atom stereocenters. The molecule has 0 aromatic heterocycles. The lowest BCUT2D eigenvalue weighted by Gasteiger charge is -2.25. The summed E-state index contributed by atoms with van der Waals surface area (Å²) in [5.74, 6) is 0.289. The first-order chi connectivity index (χ1) is 9.31. The van der Waals surface area contributed by atoms with Crippen molar-refractivity contribution in [3.63, 3.8) is 0 Å². The van der Waals surface area contributed by atoms with Crippen LogP contribution in [0.3, 0.4) is 0 Å². The fourth-order valence-corrected chi connectivity index (χ4v) is 2.56. The van der Waals surface area contributed by atoms with E-state index in [4.69, 9.17) is 0 Å². The molecule has 0 bridgehead atoms. The van der Waals surface area contributed by atoms with Gasteiger partial charge in [-0.2, -0.15) is 0 Å². The summed E-state index contributed by atoms with van der Waals surface area (Å²) in [5.41, 5.74) is 1.21. The van der Waals surface area contributed by atoms with Crippen molar-refractivity contribution in [2.45, 2.75) is 31.8 Å². The number of likely N-dealkylation sites (tertiary alicyclic amines) is 1. The molecular weight excluding hydrogens is 236 g/mol. The molecule has 1 heterocycles. The van der Waals surface area contributed by atoms with E-state index in [1.807, 2.05) is 29.2 Å². The van der Waals surface area contributed by atoms with E-state index in [0.29, 0.717) is 12.5 Å². The zero-order valence-electron chi connectivity index (χ0n) is 11.3. The number of benzene rings is 1. The number of carbonyl (C=O) groups excluding carboxylic acids is 1. The Kier molecular flexibility index (Phi) is 5.16. The SMILES string of the molecule is C=CCNCC[C@@H]1CCC(=O)N1Cc1ccccc1. The molecule has 1 aromatic rings. The van der Waals surface area contributed by atoms with Crippen LogP contribution in [0.25, 0.3) is 0 Å². The third kappa shape index (κ3) is 3.93. The second-order valence-corrected chi connectivity index (χ2v) is 4.98. The van der Waals surface area contributed by atoms with Crippen LogP contribution in [0.15, 0.2) is 43.0 Å². The smallest absolute Gasteiger partial charge is 0.223 e. The molecule has 0 saturated carbocycles. The lowest BCUT2D eigenvalue weighted by atomic mass is 10.1. The molecule has 0 spiro atoms. The molecule has 0 radical (unpaired) electrons. The number of carbonyl (C=O) groups is 1. The fraction of sp³-hybridized carbons (Fsp3) is 0.438. The largest absolute Gasteiger partial charge is 0.335 e. The molecule has 1 amide bonds. The van der Waals surface area contributed by atoms with Crippen LogP contribution in [0.5, 0.6) is 0 Å². The van der Waals surface area contributed by atoms with Gasteiger partial charge in [-0.15, -0.1) is 6.58 Å². The summed E-state index contributed by atoms with van der Waals surface area (Å²) < 4.78 is 0. The van der Waals surface area contributed by atoms with Crippen molar-refractivity contribution in [3.05, 3.63) is 48.6 Å². The van der Waals surface area contributed by atoms with Gasteiger partial charge in [0, 0.05) is 25.6 Å². The second-order valence-electron chi connectivity index (χ2n) is 4.98. The van der Waals surface area contributed by atoms with E-state index in [1.165, 1.54) is 5.56 Å². The minimum Gasteiger partial charge on any atom is -0.335 e. The summed E-state index contributed by atoms with van der Waals surface area (Å²) in [6.07, 6.45) is 4.56. The summed E-state index contributed by atoms with van der Waals surface area (Å²) in [6.45, 7) is 6.20. The zero-order chi connectivity index (χ0) is 13.5. The van der Waals surface area contributed by atoms with Crippen LogP contribution in [-0.2, 0) is 11.3 Å². The summed E-state index contributed by atoms with van der Waals surface area (Å²) in [7, 11) is 0. The predicted octanol–water partition coefficient (Wildman–Crippen LogP) is 2.34. The third-order valence-electron chi connectivity index (χ3n) is 3.59. The molecule has 3 heteroatoms. The topological polar surface area (TPSA) is 32.3 Å². The number of hydrogen-bond acceptors (Lipinski definition) is 2. The van der Waals surface area contributed by atoms with Gasteiger partial charge < -0.3 is 10.2 Å². The Balaban J connectivity index is 1.88. The molecule has 1 aliphatic heterocycles. The highest BCUT2D eigenvalue weighted by Gasteiger charge is 2.30. The molecule has 102 valence electrons. The predicted molar refractivity (Wildman–Crippen MR) is 77.7 cm³/mol. The molecule has 2 rings (SSSR count). The van der Waals surface area contributed by atoms with Crippen LogP contribution in [0, 0.1) is 0 Å². The molecule has 1 aromatic carbocycles. The number of amides is 1. The molecule has 1 fully saturated rings. The van der Waals surface area contributed by atoms with Crippen molar-refractivity contribution < 1.29 is 4.79 Å². The van der Waals surface area contributed by atoms with Crippen molar-refractivity contribution >= 4 is 5.91 Å². The summed E-state index contributed by atoms with van der Waals surface area (Å²) >= 11 is 0. The van der Waals surface area contributed by atoms with Crippen LogP contribution in [0.4, 0.5) is 0 Å². The molecule has 3 nitrogen and oxygen atoms in total. The van der Waals surface area contributed by atoms with Crippen LogP contribution < -0.4 is 5.32 Å². The lowest BCUT2D eigenvalue weighted by molar-refractivity contribution is -0.129. The number of rotatable bonds is 7. The van der Waals surface area contributed by atoms with Crippen molar-refractivity contribution in [1.29, 1.82) is 0 Å². The quantitative estimate of drug-likeness (QED) is 0.601. The van der Waals surface area contributed by atoms with E-state index in [2.05, 4.69) is 24.0 Å². The lowest BCUT2D eigenvalue weighted by Crippen LogP contribution is -2.34. The van der Waals surface area contributed by atoms with Crippen LogP contribution in [-0.4, -0.2) is 29.9 Å². The van der Waals surface area contributed by atoms with E-state index >= 15 is 0 Å². The zero-order valence-corrected chi connectivity index (χ0v) is 11.3. The van der Waals surface area contributed by atoms with E-state index < -0.39 is 0 Å². The fourth-order valence-electron chi connectivity index (χ4n) is 2.56. The highest BCUT2D eigenvalue weighted by Crippen LogP contribution is 2.23. The normalized spacial score (nSPS) is 18.8. The first kappa shape index (κ1) is 13.8. The van der Waals surface area contributed by atoms with E-state index in [0.717, 1.165) is 32.5 Å². The number of nitrogens with one attached hydrogen (secondary N) is 1. The van der Waals surface area contributed by atoms with E-state index in [-0.39, 0.29) is 5.91 Å². The minimum absolute atomic E-state index is 0.289. The maximum absolute atomic E-state index is 12.0. The molecule has 1 saturated heterocycles. The average molecular weight is 258 g/mol. The number of hydrogen-bond donors (Lipinski definition) is 1. The Morgan fingerprint density at radius 3 is 2.89 bits per heavy atom. The van der Waals surface area contributed by atoms with Gasteiger partial charge >= 0.3 is 0 Å². The van der Waals surface area contributed by atoms with Gasteiger partial charge in [0.15, 0.2) is 0 Å². The summed E-state index contributed by atoms with van der Waals surface area (Å²) in [6, 6.07) is 10.6. The first-order valence-corrected chi connectivity index (χ1v) is 6.96. The Bertz CT molecular complexity index is 416. The monoisotopic (exact) mass is 258 g/mol. The molecule has 0 aliphatic carbocycles. The van der Waals surface area contributed by atoms with Crippen LogP contribution in [0.2, 0.25) is 0 Å². The van der Waals surface area contributed by atoms with Crippen molar-refractivity contribution in [1.82, 2.24) is 10.2 Å². The standard InChI is InChI=1S/C16H22N2O/c1-2-11-17-12-10-15-8-9-16(19)18(15)13-14-6-4-3-5-7-14/h2-7,15,17H,1,8-13H2/t15-/m0/s1. The highest BCUT2D eigenvalue weighted by molar-refractivity contribution is 5.78. The van der Waals surface area contributed by atoms with Gasteiger partial charge in [0.05, 0.1) is 0 Å². The summed E-state index contributed by atoms with van der Waals surface area (Å²) in [4.78, 5) is 14.0. The molecule has 1 aliphatic rings. The van der Waals surface area contributed by atoms with Gasteiger partial charge in [-0.3, -0.25) is 4.79 Å². The van der Waals surface area contributed by atoms with Gasteiger partial charge in [0.25, 0.3) is 0 Å². The van der Waals surface area contributed by atoms with Crippen molar-refractivity contribution in [2.75, 3.05) is 13.1 Å².